The number of nitrogens with one attached hydrogen (secondary N) is 1. The number of para-hydroxylation sites is 2. The molecule has 0 aliphatic rings. The number of anilines is 1. The Morgan fingerprint density at radius 1 is 1.04 bits per heavy atom. The maximum atomic E-state index is 5.89. The summed E-state index contributed by atoms with van der Waals surface area (Å²) in [6.07, 6.45) is 0.755. The number of ether oxygens (including phenoxy) is 3. The first-order valence-electron chi connectivity index (χ1n) is 7.69. The predicted molar refractivity (Wildman–Crippen MR) is 112 cm³/mol. The van der Waals surface area contributed by atoms with Gasteiger partial charge >= 0.3 is 0 Å². The van der Waals surface area contributed by atoms with Crippen LogP contribution in [0.2, 0.25) is 0 Å². The van der Waals surface area contributed by atoms with Gasteiger partial charge in [-0.05, 0) is 24.3 Å². The van der Waals surface area contributed by atoms with Crippen LogP contribution in [0, 0.1) is 0 Å². The molecule has 3 N–H and O–H groups in total. The minimum atomic E-state index is 0. The Kier molecular flexibility index (Phi) is 9.53. The summed E-state index contributed by atoms with van der Waals surface area (Å²) in [4.78, 5) is 4.28. The fraction of sp³-hybridized carbons (Fsp3) is 0.278. The molecule has 0 spiro atoms. The van der Waals surface area contributed by atoms with E-state index in [-0.39, 0.29) is 24.0 Å². The standard InChI is InChI=1S/C18H23N3O3.HI/c1-22-14-7-5-8-15(13-14)24-12-6-11-20-18(19)21-16-9-3-4-10-17(16)23-2;/h3-5,7-10,13H,6,11-12H2,1-2H3,(H3,19,20,21);1H. The molecule has 2 rings (SSSR count). The summed E-state index contributed by atoms with van der Waals surface area (Å²) in [5.41, 5.74) is 6.67. The van der Waals surface area contributed by atoms with Crippen LogP contribution in [-0.2, 0) is 0 Å². The average molecular weight is 457 g/mol. The van der Waals surface area contributed by atoms with Crippen molar-refractivity contribution in [2.75, 3.05) is 32.7 Å². The van der Waals surface area contributed by atoms with Gasteiger partial charge in [0.05, 0.1) is 26.5 Å². The van der Waals surface area contributed by atoms with Crippen LogP contribution in [0.3, 0.4) is 0 Å². The van der Waals surface area contributed by atoms with E-state index in [9.17, 15) is 0 Å². The zero-order chi connectivity index (χ0) is 17.2. The zero-order valence-electron chi connectivity index (χ0n) is 14.4. The van der Waals surface area contributed by atoms with Crippen molar-refractivity contribution >= 4 is 35.6 Å². The van der Waals surface area contributed by atoms with E-state index in [1.54, 1.807) is 14.2 Å². The molecule has 2 aromatic carbocycles. The van der Waals surface area contributed by atoms with Crippen molar-refractivity contribution in [1.29, 1.82) is 0 Å². The van der Waals surface area contributed by atoms with Gasteiger partial charge in [-0.1, -0.05) is 18.2 Å². The van der Waals surface area contributed by atoms with E-state index in [1.165, 1.54) is 0 Å². The smallest absolute Gasteiger partial charge is 0.193 e. The second-order valence-corrected chi connectivity index (χ2v) is 4.97. The molecule has 0 amide bonds. The van der Waals surface area contributed by atoms with E-state index in [4.69, 9.17) is 19.9 Å². The van der Waals surface area contributed by atoms with E-state index >= 15 is 0 Å². The monoisotopic (exact) mass is 457 g/mol. The van der Waals surface area contributed by atoms with Crippen molar-refractivity contribution in [3.05, 3.63) is 48.5 Å². The lowest BCUT2D eigenvalue weighted by Gasteiger charge is -2.10. The van der Waals surface area contributed by atoms with Crippen LogP contribution in [0.5, 0.6) is 17.2 Å². The first kappa shape index (κ1) is 20.9. The SMILES string of the molecule is COc1cccc(OCCCN=C(N)Nc2ccccc2OC)c1.I. The molecule has 0 radical (unpaired) electrons. The third-order valence-electron chi connectivity index (χ3n) is 3.26. The van der Waals surface area contributed by atoms with Gasteiger partial charge in [-0.15, -0.1) is 24.0 Å². The van der Waals surface area contributed by atoms with Crippen LogP contribution in [0.4, 0.5) is 5.69 Å². The lowest BCUT2D eigenvalue weighted by molar-refractivity contribution is 0.311. The van der Waals surface area contributed by atoms with Gasteiger partial charge in [0.2, 0.25) is 0 Å². The number of nitrogens with two attached hydrogens (primary N) is 1. The number of nitrogens with zero attached hydrogens (tertiary/aromatic N) is 1. The molecule has 0 atom stereocenters. The molecule has 25 heavy (non-hydrogen) atoms. The fourth-order valence-corrected chi connectivity index (χ4v) is 2.07. The Labute approximate surface area is 165 Å². The summed E-state index contributed by atoms with van der Waals surface area (Å²) in [6, 6.07) is 15.0. The first-order valence-corrected chi connectivity index (χ1v) is 7.69. The minimum Gasteiger partial charge on any atom is -0.497 e. The third-order valence-corrected chi connectivity index (χ3v) is 3.26. The highest BCUT2D eigenvalue weighted by Crippen LogP contribution is 2.22. The van der Waals surface area contributed by atoms with Gasteiger partial charge in [0.1, 0.15) is 17.2 Å². The van der Waals surface area contributed by atoms with Crippen LogP contribution >= 0.6 is 24.0 Å². The number of benzene rings is 2. The normalized spacial score (nSPS) is 10.6. The van der Waals surface area contributed by atoms with E-state index < -0.39 is 0 Å². The van der Waals surface area contributed by atoms with Crippen LogP contribution in [0.15, 0.2) is 53.5 Å². The van der Waals surface area contributed by atoms with Crippen molar-refractivity contribution in [3.63, 3.8) is 0 Å². The third kappa shape index (κ3) is 7.08. The summed E-state index contributed by atoms with van der Waals surface area (Å²) in [6.45, 7) is 1.12. The topological polar surface area (TPSA) is 78.1 Å². The molecular formula is C18H24IN3O3. The van der Waals surface area contributed by atoms with Gasteiger partial charge in [-0.25, -0.2) is 0 Å². The number of aliphatic imine (C=N–C) groups is 1. The molecule has 0 saturated carbocycles. The number of hydrogen-bond acceptors (Lipinski definition) is 4. The molecule has 7 heteroatoms. The van der Waals surface area contributed by atoms with Gasteiger partial charge < -0.3 is 25.3 Å². The summed E-state index contributed by atoms with van der Waals surface area (Å²) in [7, 11) is 3.25. The van der Waals surface area contributed by atoms with Gasteiger partial charge in [-0.2, -0.15) is 0 Å². The van der Waals surface area contributed by atoms with E-state index in [0.717, 1.165) is 29.4 Å². The van der Waals surface area contributed by atoms with Crippen molar-refractivity contribution in [3.8, 4) is 17.2 Å². The molecule has 6 nitrogen and oxygen atoms in total. The zero-order valence-corrected chi connectivity index (χ0v) is 16.7. The Balaban J connectivity index is 0.00000312. The van der Waals surface area contributed by atoms with Crippen molar-refractivity contribution in [2.45, 2.75) is 6.42 Å². The summed E-state index contributed by atoms with van der Waals surface area (Å²) < 4.78 is 16.1. The summed E-state index contributed by atoms with van der Waals surface area (Å²) in [5, 5.41) is 3.03. The van der Waals surface area contributed by atoms with E-state index in [0.29, 0.717) is 19.1 Å². The molecule has 0 aliphatic carbocycles. The molecule has 2 aromatic rings. The molecule has 0 unspecified atom stereocenters. The van der Waals surface area contributed by atoms with Crippen LogP contribution in [0.25, 0.3) is 0 Å². The van der Waals surface area contributed by atoms with E-state index in [2.05, 4.69) is 10.3 Å². The van der Waals surface area contributed by atoms with Gasteiger partial charge in [0.25, 0.3) is 0 Å². The van der Waals surface area contributed by atoms with Gasteiger partial charge in [0, 0.05) is 19.0 Å². The molecule has 0 bridgehead atoms. The number of hydrogen-bond donors (Lipinski definition) is 2. The largest absolute Gasteiger partial charge is 0.497 e. The molecule has 0 aromatic heterocycles. The second kappa shape index (κ2) is 11.4. The molecule has 136 valence electrons. The molecule has 0 saturated heterocycles. The number of methoxy groups -OCH3 is 2. The van der Waals surface area contributed by atoms with Crippen LogP contribution in [-0.4, -0.2) is 33.3 Å². The number of halogens is 1. The highest BCUT2D eigenvalue weighted by molar-refractivity contribution is 14.0. The Bertz CT molecular complexity index is 680. The first-order chi connectivity index (χ1) is 11.7. The Morgan fingerprint density at radius 3 is 2.56 bits per heavy atom. The Hall–Kier alpha value is -2.16. The quantitative estimate of drug-likeness (QED) is 0.275. The van der Waals surface area contributed by atoms with Crippen molar-refractivity contribution < 1.29 is 14.2 Å². The Morgan fingerprint density at radius 2 is 1.80 bits per heavy atom. The van der Waals surface area contributed by atoms with Crippen molar-refractivity contribution in [1.82, 2.24) is 0 Å². The van der Waals surface area contributed by atoms with Crippen LogP contribution in [0.1, 0.15) is 6.42 Å². The van der Waals surface area contributed by atoms with Gasteiger partial charge in [-0.3, -0.25) is 4.99 Å². The molecule has 0 aliphatic heterocycles. The minimum absolute atomic E-state index is 0. The predicted octanol–water partition coefficient (Wildman–Crippen LogP) is 3.52. The highest BCUT2D eigenvalue weighted by atomic mass is 127. The van der Waals surface area contributed by atoms with Gasteiger partial charge in [0.15, 0.2) is 5.96 Å². The van der Waals surface area contributed by atoms with Crippen molar-refractivity contribution in [2.24, 2.45) is 10.7 Å². The van der Waals surface area contributed by atoms with E-state index in [1.807, 2.05) is 48.5 Å². The highest BCUT2D eigenvalue weighted by Gasteiger charge is 2.02. The summed E-state index contributed by atoms with van der Waals surface area (Å²) in [5.74, 6) is 2.62. The fourth-order valence-electron chi connectivity index (χ4n) is 2.07. The number of guanidine groups is 1. The van der Waals surface area contributed by atoms with Crippen LogP contribution < -0.4 is 25.3 Å². The maximum absolute atomic E-state index is 5.89. The molecule has 0 heterocycles. The lowest BCUT2D eigenvalue weighted by Crippen LogP contribution is -2.23. The second-order valence-electron chi connectivity index (χ2n) is 4.97. The number of rotatable bonds is 8. The molecular weight excluding hydrogens is 433 g/mol. The molecule has 0 fully saturated rings. The average Bonchev–Trinajstić information content (AvgIpc) is 2.62. The maximum Gasteiger partial charge on any atom is 0.193 e. The lowest BCUT2D eigenvalue weighted by atomic mass is 10.3. The summed E-state index contributed by atoms with van der Waals surface area (Å²) >= 11 is 0.